The van der Waals surface area contributed by atoms with Gasteiger partial charge in [-0.2, -0.15) is 5.10 Å². The highest BCUT2D eigenvalue weighted by atomic mass is 16.2. The van der Waals surface area contributed by atoms with Crippen LogP contribution >= 0.6 is 0 Å². The zero-order chi connectivity index (χ0) is 22.1. The van der Waals surface area contributed by atoms with Crippen LogP contribution in [0.25, 0.3) is 22.0 Å². The van der Waals surface area contributed by atoms with Crippen molar-refractivity contribution in [3.63, 3.8) is 0 Å². The van der Waals surface area contributed by atoms with Crippen LogP contribution in [0, 0.1) is 5.92 Å². The molecule has 0 aliphatic heterocycles. The molecular formula is C24H22N6O2. The first-order valence-electron chi connectivity index (χ1n) is 10.6. The Kier molecular flexibility index (Phi) is 5.10. The number of aryl methyl sites for hydroxylation is 1. The lowest BCUT2D eigenvalue weighted by Gasteiger charge is -2.09. The van der Waals surface area contributed by atoms with Crippen LogP contribution in [0.3, 0.4) is 0 Å². The number of aromatic amines is 1. The SMILES string of the molecule is CCc1ccncc1NC(=O)c1n[nH]c2ccc(-c3cncc(NC(=O)C4CC4)c3)cc12. The maximum absolute atomic E-state index is 13.0. The molecule has 5 rings (SSSR count). The number of hydrogen-bond acceptors (Lipinski definition) is 5. The fourth-order valence-corrected chi connectivity index (χ4v) is 3.65. The largest absolute Gasteiger partial charge is 0.324 e. The second-order valence-electron chi connectivity index (χ2n) is 7.90. The Bertz CT molecular complexity index is 1330. The van der Waals surface area contributed by atoms with Crippen LogP contribution in [-0.2, 0) is 11.2 Å². The van der Waals surface area contributed by atoms with Gasteiger partial charge in [-0.1, -0.05) is 13.0 Å². The van der Waals surface area contributed by atoms with Crippen LogP contribution in [0.2, 0.25) is 0 Å². The monoisotopic (exact) mass is 426 g/mol. The summed E-state index contributed by atoms with van der Waals surface area (Å²) in [5.74, 6) is -0.148. The van der Waals surface area contributed by atoms with Crippen molar-refractivity contribution in [3.8, 4) is 11.1 Å². The van der Waals surface area contributed by atoms with Gasteiger partial charge in [0.25, 0.3) is 5.91 Å². The normalized spacial score (nSPS) is 13.2. The predicted molar refractivity (Wildman–Crippen MR) is 122 cm³/mol. The van der Waals surface area contributed by atoms with E-state index in [-0.39, 0.29) is 17.7 Å². The van der Waals surface area contributed by atoms with E-state index >= 15 is 0 Å². The van der Waals surface area contributed by atoms with Gasteiger partial charge in [0.15, 0.2) is 5.69 Å². The summed E-state index contributed by atoms with van der Waals surface area (Å²) in [6, 6.07) is 9.49. The molecule has 3 aromatic heterocycles. The highest BCUT2D eigenvalue weighted by Crippen LogP contribution is 2.31. The van der Waals surface area contributed by atoms with Crippen LogP contribution in [0.5, 0.6) is 0 Å². The first-order chi connectivity index (χ1) is 15.6. The Morgan fingerprint density at radius 1 is 1.03 bits per heavy atom. The Balaban J connectivity index is 1.44. The minimum atomic E-state index is -0.306. The zero-order valence-electron chi connectivity index (χ0n) is 17.6. The van der Waals surface area contributed by atoms with Crippen LogP contribution in [0.4, 0.5) is 11.4 Å². The molecule has 1 aliphatic carbocycles. The van der Waals surface area contributed by atoms with E-state index in [9.17, 15) is 9.59 Å². The van der Waals surface area contributed by atoms with Crippen LogP contribution in [-0.4, -0.2) is 32.0 Å². The molecule has 4 aromatic rings. The summed E-state index contributed by atoms with van der Waals surface area (Å²) < 4.78 is 0. The number of anilines is 2. The van der Waals surface area contributed by atoms with Gasteiger partial charge in [-0.3, -0.25) is 24.7 Å². The van der Waals surface area contributed by atoms with E-state index in [1.165, 1.54) is 0 Å². The van der Waals surface area contributed by atoms with Gasteiger partial charge in [0.1, 0.15) is 0 Å². The van der Waals surface area contributed by atoms with Crippen molar-refractivity contribution in [2.45, 2.75) is 26.2 Å². The number of benzene rings is 1. The molecule has 0 radical (unpaired) electrons. The van der Waals surface area contributed by atoms with Crippen LogP contribution < -0.4 is 10.6 Å². The van der Waals surface area contributed by atoms with Crippen molar-refractivity contribution in [2.24, 2.45) is 5.92 Å². The second-order valence-corrected chi connectivity index (χ2v) is 7.90. The quantitative estimate of drug-likeness (QED) is 0.428. The van der Waals surface area contributed by atoms with Gasteiger partial charge in [0.2, 0.25) is 5.91 Å². The van der Waals surface area contributed by atoms with E-state index in [0.717, 1.165) is 41.5 Å². The fraction of sp³-hybridized carbons (Fsp3) is 0.208. The standard InChI is InChI=1S/C24H22N6O2/c1-2-14-7-8-25-13-21(14)28-24(32)22-19-10-16(5-6-20(19)29-30-22)17-9-18(12-26-11-17)27-23(31)15-3-4-15/h5-13,15H,2-4H2,1H3,(H,27,31)(H,28,32)(H,29,30). The average Bonchev–Trinajstić information content (AvgIpc) is 3.58. The van der Waals surface area contributed by atoms with E-state index < -0.39 is 0 Å². The molecule has 0 saturated heterocycles. The van der Waals surface area contributed by atoms with Crippen molar-refractivity contribution < 1.29 is 9.59 Å². The summed E-state index contributed by atoms with van der Waals surface area (Å²) in [6.07, 6.45) is 9.39. The van der Waals surface area contributed by atoms with Gasteiger partial charge in [-0.25, -0.2) is 0 Å². The molecular weight excluding hydrogens is 404 g/mol. The number of fused-ring (bicyclic) bond motifs is 1. The van der Waals surface area contributed by atoms with Crippen molar-refractivity contribution in [3.05, 3.63) is 66.4 Å². The first kappa shape index (κ1) is 19.9. The third kappa shape index (κ3) is 3.94. The van der Waals surface area contributed by atoms with Gasteiger partial charge in [-0.05, 0) is 54.7 Å². The molecule has 1 fully saturated rings. The number of pyridine rings is 2. The number of nitrogens with zero attached hydrogens (tertiary/aromatic N) is 3. The molecule has 8 nitrogen and oxygen atoms in total. The number of rotatable bonds is 6. The van der Waals surface area contributed by atoms with E-state index in [0.29, 0.717) is 22.5 Å². The van der Waals surface area contributed by atoms with E-state index in [4.69, 9.17) is 0 Å². The summed E-state index contributed by atoms with van der Waals surface area (Å²) >= 11 is 0. The Morgan fingerprint density at radius 2 is 1.91 bits per heavy atom. The molecule has 0 unspecified atom stereocenters. The topological polar surface area (TPSA) is 113 Å². The molecule has 1 saturated carbocycles. The summed E-state index contributed by atoms with van der Waals surface area (Å²) in [4.78, 5) is 33.4. The van der Waals surface area contributed by atoms with Crippen molar-refractivity contribution >= 4 is 34.1 Å². The summed E-state index contributed by atoms with van der Waals surface area (Å²) in [5, 5.41) is 13.7. The second kappa shape index (κ2) is 8.22. The molecule has 3 heterocycles. The number of nitrogens with one attached hydrogen (secondary N) is 3. The summed E-state index contributed by atoms with van der Waals surface area (Å²) in [5.41, 5.74) is 5.12. The maximum Gasteiger partial charge on any atom is 0.276 e. The molecule has 160 valence electrons. The van der Waals surface area contributed by atoms with Crippen LogP contribution in [0.1, 0.15) is 35.8 Å². The Labute approximate surface area is 184 Å². The van der Waals surface area contributed by atoms with Crippen molar-refractivity contribution in [1.82, 2.24) is 20.2 Å². The Morgan fingerprint density at radius 3 is 2.72 bits per heavy atom. The lowest BCUT2D eigenvalue weighted by atomic mass is 10.0. The smallest absolute Gasteiger partial charge is 0.276 e. The van der Waals surface area contributed by atoms with Gasteiger partial charge >= 0.3 is 0 Å². The lowest BCUT2D eigenvalue weighted by molar-refractivity contribution is -0.117. The molecule has 0 bridgehead atoms. The first-order valence-corrected chi connectivity index (χ1v) is 10.6. The van der Waals surface area contributed by atoms with Gasteiger partial charge in [-0.15, -0.1) is 0 Å². The highest BCUT2D eigenvalue weighted by Gasteiger charge is 2.29. The number of hydrogen-bond donors (Lipinski definition) is 3. The molecule has 1 aromatic carbocycles. The molecule has 2 amide bonds. The molecule has 8 heteroatoms. The number of amides is 2. The number of carbonyl (C=O) groups is 2. The minimum Gasteiger partial charge on any atom is -0.324 e. The molecule has 0 atom stereocenters. The minimum absolute atomic E-state index is 0.0371. The van der Waals surface area contributed by atoms with Crippen molar-refractivity contribution in [1.29, 1.82) is 0 Å². The Hall–Kier alpha value is -4.07. The number of aromatic nitrogens is 4. The average molecular weight is 426 g/mol. The zero-order valence-corrected chi connectivity index (χ0v) is 17.6. The highest BCUT2D eigenvalue weighted by molar-refractivity contribution is 6.11. The van der Waals surface area contributed by atoms with E-state index in [2.05, 4.69) is 30.8 Å². The third-order valence-electron chi connectivity index (χ3n) is 5.61. The van der Waals surface area contributed by atoms with Gasteiger partial charge in [0.05, 0.1) is 29.3 Å². The number of H-pyrrole nitrogens is 1. The van der Waals surface area contributed by atoms with Crippen LogP contribution in [0.15, 0.2) is 55.1 Å². The molecule has 0 spiro atoms. The molecule has 1 aliphatic rings. The third-order valence-corrected chi connectivity index (χ3v) is 5.61. The van der Waals surface area contributed by atoms with Crippen molar-refractivity contribution in [2.75, 3.05) is 10.6 Å². The number of carbonyl (C=O) groups excluding carboxylic acids is 2. The molecule has 32 heavy (non-hydrogen) atoms. The predicted octanol–water partition coefficient (Wildman–Crippen LogP) is 4.18. The van der Waals surface area contributed by atoms with Gasteiger partial charge in [0, 0.05) is 29.3 Å². The van der Waals surface area contributed by atoms with E-state index in [1.807, 2.05) is 37.3 Å². The molecule has 3 N–H and O–H groups in total. The summed E-state index contributed by atoms with van der Waals surface area (Å²) in [7, 11) is 0. The van der Waals surface area contributed by atoms with E-state index in [1.54, 1.807) is 24.8 Å². The van der Waals surface area contributed by atoms with Gasteiger partial charge < -0.3 is 10.6 Å². The summed E-state index contributed by atoms with van der Waals surface area (Å²) in [6.45, 7) is 2.02. The fourth-order valence-electron chi connectivity index (χ4n) is 3.65. The maximum atomic E-state index is 13.0. The lowest BCUT2D eigenvalue weighted by Crippen LogP contribution is -2.14.